The summed E-state index contributed by atoms with van der Waals surface area (Å²) in [4.78, 5) is 34.8. The number of pyridine rings is 1. The highest BCUT2D eigenvalue weighted by Crippen LogP contribution is 2.34. The standard InChI is InChI=1S/C26H30N6OS/c1-20-7-9-22(10-8-20)34-25-24(28-12-13-29-25)32-14-4-5-21(19-32)26(33)31-17-15-30(16-18-31)23-6-2-3-11-27-23/h2-3,6-13,21H,4-5,14-19H2,1H3. The van der Waals surface area contributed by atoms with Crippen LogP contribution >= 0.6 is 11.8 Å². The van der Waals surface area contributed by atoms with Crippen molar-refractivity contribution in [3.05, 3.63) is 66.6 Å². The average molecular weight is 475 g/mol. The Morgan fingerprint density at radius 3 is 2.44 bits per heavy atom. The molecule has 0 saturated carbocycles. The molecule has 0 aliphatic carbocycles. The number of rotatable bonds is 5. The average Bonchev–Trinajstić information content (AvgIpc) is 2.90. The predicted molar refractivity (Wildman–Crippen MR) is 135 cm³/mol. The van der Waals surface area contributed by atoms with Crippen LogP contribution in [0, 0.1) is 12.8 Å². The Hall–Kier alpha value is -3.13. The fraction of sp³-hybridized carbons (Fsp3) is 0.385. The normalized spacial score (nSPS) is 18.7. The number of amides is 1. The third kappa shape index (κ3) is 5.17. The first-order valence-electron chi connectivity index (χ1n) is 11.9. The van der Waals surface area contributed by atoms with Crippen LogP contribution in [0.1, 0.15) is 18.4 Å². The summed E-state index contributed by atoms with van der Waals surface area (Å²) in [5.41, 5.74) is 1.24. The Balaban J connectivity index is 1.23. The first-order chi connectivity index (χ1) is 16.7. The summed E-state index contributed by atoms with van der Waals surface area (Å²) < 4.78 is 0. The van der Waals surface area contributed by atoms with Gasteiger partial charge in [0.25, 0.3) is 0 Å². The molecule has 1 amide bonds. The van der Waals surface area contributed by atoms with Gasteiger partial charge in [-0.25, -0.2) is 15.0 Å². The summed E-state index contributed by atoms with van der Waals surface area (Å²) in [7, 11) is 0. The molecule has 2 saturated heterocycles. The molecule has 2 aliphatic heterocycles. The molecular formula is C26H30N6OS. The Labute approximate surface area is 205 Å². The highest BCUT2D eigenvalue weighted by atomic mass is 32.2. The topological polar surface area (TPSA) is 65.5 Å². The van der Waals surface area contributed by atoms with Crippen LogP contribution in [0.15, 0.2) is 71.0 Å². The molecule has 0 bridgehead atoms. The second kappa shape index (κ2) is 10.4. The van der Waals surface area contributed by atoms with Gasteiger partial charge in [0.05, 0.1) is 5.92 Å². The number of hydrogen-bond acceptors (Lipinski definition) is 7. The molecular weight excluding hydrogens is 444 g/mol. The van der Waals surface area contributed by atoms with E-state index in [2.05, 4.69) is 55.9 Å². The molecule has 1 atom stereocenters. The van der Waals surface area contributed by atoms with Crippen molar-refractivity contribution in [2.45, 2.75) is 29.7 Å². The minimum absolute atomic E-state index is 0.00520. The van der Waals surface area contributed by atoms with Crippen LogP contribution in [0.2, 0.25) is 0 Å². The van der Waals surface area contributed by atoms with Gasteiger partial charge in [-0.3, -0.25) is 4.79 Å². The van der Waals surface area contributed by atoms with Crippen LogP contribution in [0.4, 0.5) is 11.6 Å². The van der Waals surface area contributed by atoms with Crippen molar-refractivity contribution in [1.82, 2.24) is 19.9 Å². The summed E-state index contributed by atoms with van der Waals surface area (Å²) in [5, 5.41) is 0.892. The third-order valence-corrected chi connectivity index (χ3v) is 7.51. The van der Waals surface area contributed by atoms with E-state index < -0.39 is 0 Å². The lowest BCUT2D eigenvalue weighted by molar-refractivity contribution is -0.136. The van der Waals surface area contributed by atoms with Crippen LogP contribution in [-0.2, 0) is 4.79 Å². The number of aryl methyl sites for hydroxylation is 1. The number of piperazine rings is 1. The number of benzene rings is 1. The van der Waals surface area contributed by atoms with E-state index in [4.69, 9.17) is 0 Å². The molecule has 2 aliphatic rings. The second-order valence-electron chi connectivity index (χ2n) is 8.89. The maximum Gasteiger partial charge on any atom is 0.227 e. The van der Waals surface area contributed by atoms with Gasteiger partial charge in [-0.1, -0.05) is 35.5 Å². The SMILES string of the molecule is Cc1ccc(Sc2nccnc2N2CCCC(C(=O)N3CCN(c4ccccn4)CC3)C2)cc1. The van der Waals surface area contributed by atoms with Gasteiger partial charge in [0.2, 0.25) is 5.91 Å². The summed E-state index contributed by atoms with van der Waals surface area (Å²) in [6.45, 7) is 6.81. The molecule has 1 unspecified atom stereocenters. The van der Waals surface area contributed by atoms with Crippen molar-refractivity contribution in [3.63, 3.8) is 0 Å². The molecule has 4 heterocycles. The van der Waals surface area contributed by atoms with E-state index in [-0.39, 0.29) is 11.8 Å². The van der Waals surface area contributed by atoms with Gasteiger partial charge in [0, 0.05) is 62.8 Å². The molecule has 0 N–H and O–H groups in total. The Bertz CT molecular complexity index is 1100. The molecule has 0 spiro atoms. The van der Waals surface area contributed by atoms with Crippen molar-refractivity contribution in [1.29, 1.82) is 0 Å². The quantitative estimate of drug-likeness (QED) is 0.556. The number of piperidine rings is 1. The number of aromatic nitrogens is 3. The zero-order valence-electron chi connectivity index (χ0n) is 19.5. The van der Waals surface area contributed by atoms with E-state index in [1.54, 1.807) is 24.2 Å². The summed E-state index contributed by atoms with van der Waals surface area (Å²) in [6.07, 6.45) is 7.22. The summed E-state index contributed by atoms with van der Waals surface area (Å²) in [6, 6.07) is 14.4. The van der Waals surface area contributed by atoms with E-state index >= 15 is 0 Å². The minimum Gasteiger partial charge on any atom is -0.354 e. The number of carbonyl (C=O) groups is 1. The smallest absolute Gasteiger partial charge is 0.227 e. The molecule has 0 radical (unpaired) electrons. The van der Waals surface area contributed by atoms with E-state index in [1.165, 1.54) is 5.56 Å². The Morgan fingerprint density at radius 1 is 0.882 bits per heavy atom. The van der Waals surface area contributed by atoms with Gasteiger partial charge < -0.3 is 14.7 Å². The van der Waals surface area contributed by atoms with E-state index in [0.717, 1.165) is 67.1 Å². The Kier molecular flexibility index (Phi) is 6.94. The second-order valence-corrected chi connectivity index (χ2v) is 9.95. The Morgan fingerprint density at radius 2 is 1.68 bits per heavy atom. The fourth-order valence-corrected chi connectivity index (χ4v) is 5.53. The molecule has 34 heavy (non-hydrogen) atoms. The van der Waals surface area contributed by atoms with Gasteiger partial charge >= 0.3 is 0 Å². The molecule has 176 valence electrons. The number of hydrogen-bond donors (Lipinski definition) is 0. The number of nitrogens with zero attached hydrogens (tertiary/aromatic N) is 6. The third-order valence-electron chi connectivity index (χ3n) is 6.52. The fourth-order valence-electron chi connectivity index (χ4n) is 4.65. The molecule has 7 nitrogen and oxygen atoms in total. The van der Waals surface area contributed by atoms with Crippen LogP contribution in [-0.4, -0.2) is 65.0 Å². The zero-order valence-corrected chi connectivity index (χ0v) is 20.3. The molecule has 5 rings (SSSR count). The highest BCUT2D eigenvalue weighted by molar-refractivity contribution is 7.99. The van der Waals surface area contributed by atoms with Crippen molar-refractivity contribution >= 4 is 29.3 Å². The van der Waals surface area contributed by atoms with Crippen LogP contribution in [0.25, 0.3) is 0 Å². The zero-order chi connectivity index (χ0) is 23.3. The first-order valence-corrected chi connectivity index (χ1v) is 12.7. The van der Waals surface area contributed by atoms with Crippen LogP contribution in [0.5, 0.6) is 0 Å². The first kappa shape index (κ1) is 22.7. The van der Waals surface area contributed by atoms with E-state index in [0.29, 0.717) is 6.54 Å². The number of anilines is 2. The predicted octanol–water partition coefficient (Wildman–Crippen LogP) is 3.90. The molecule has 2 fully saturated rings. The summed E-state index contributed by atoms with van der Waals surface area (Å²) in [5.74, 6) is 2.13. The minimum atomic E-state index is -0.00520. The van der Waals surface area contributed by atoms with Gasteiger partial charge in [0.15, 0.2) is 5.82 Å². The summed E-state index contributed by atoms with van der Waals surface area (Å²) >= 11 is 1.63. The van der Waals surface area contributed by atoms with Crippen molar-refractivity contribution in [2.75, 3.05) is 49.1 Å². The van der Waals surface area contributed by atoms with Crippen molar-refractivity contribution < 1.29 is 4.79 Å². The van der Waals surface area contributed by atoms with E-state index in [9.17, 15) is 4.79 Å². The lowest BCUT2D eigenvalue weighted by Crippen LogP contribution is -2.53. The lowest BCUT2D eigenvalue weighted by atomic mass is 9.96. The molecule has 1 aromatic carbocycles. The largest absolute Gasteiger partial charge is 0.354 e. The van der Waals surface area contributed by atoms with E-state index in [1.807, 2.05) is 29.3 Å². The molecule has 8 heteroatoms. The maximum atomic E-state index is 13.4. The molecule has 3 aromatic rings. The van der Waals surface area contributed by atoms with Gasteiger partial charge in [-0.2, -0.15) is 0 Å². The van der Waals surface area contributed by atoms with Gasteiger partial charge in [-0.15, -0.1) is 0 Å². The van der Waals surface area contributed by atoms with Crippen molar-refractivity contribution in [2.24, 2.45) is 5.92 Å². The monoisotopic (exact) mass is 474 g/mol. The highest BCUT2D eigenvalue weighted by Gasteiger charge is 2.32. The molecule has 2 aromatic heterocycles. The lowest BCUT2D eigenvalue weighted by Gasteiger charge is -2.39. The van der Waals surface area contributed by atoms with Gasteiger partial charge in [0.1, 0.15) is 10.8 Å². The van der Waals surface area contributed by atoms with Crippen molar-refractivity contribution in [3.8, 4) is 0 Å². The van der Waals surface area contributed by atoms with Gasteiger partial charge in [-0.05, 0) is 44.0 Å². The van der Waals surface area contributed by atoms with Crippen LogP contribution in [0.3, 0.4) is 0 Å². The maximum absolute atomic E-state index is 13.4. The van der Waals surface area contributed by atoms with Crippen LogP contribution < -0.4 is 9.80 Å². The number of carbonyl (C=O) groups excluding carboxylic acids is 1.